The Balaban J connectivity index is 2.94. The molecule has 1 rings (SSSR count). The van der Waals surface area contributed by atoms with Crippen molar-refractivity contribution in [2.45, 2.75) is 97.9 Å². The van der Waals surface area contributed by atoms with E-state index < -0.39 is 6.04 Å². The number of hydrogen-bond acceptors (Lipinski definition) is 4. The quantitative estimate of drug-likeness (QED) is 0.263. The molecule has 0 aliphatic rings. The molecule has 0 aromatic carbocycles. The van der Waals surface area contributed by atoms with Gasteiger partial charge in [0.15, 0.2) is 0 Å². The van der Waals surface area contributed by atoms with Gasteiger partial charge in [0.2, 0.25) is 17.7 Å². The predicted molar refractivity (Wildman–Crippen MR) is 142 cm³/mol. The summed E-state index contributed by atoms with van der Waals surface area (Å²) < 4.78 is 5.24. The third-order valence-corrected chi connectivity index (χ3v) is 5.99. The van der Waals surface area contributed by atoms with Gasteiger partial charge in [-0.3, -0.25) is 14.4 Å². The number of amides is 3. The minimum Gasteiger partial charge on any atom is -0.465 e. The minimum atomic E-state index is -0.736. The standard InChI is InChI=1S/C28H47N3O4/c1-5-9-19-30(20-10-6-2)27(33)18-16-25(28(34)31(21-11-7-3)22-12-8-4)29-26(32)17-15-24-14-13-23-35-24/h13-15,17,23,25H,5-12,16,18-22H2,1-4H3,(H,29,32)/b17-15+. The van der Waals surface area contributed by atoms with Crippen molar-refractivity contribution in [3.05, 3.63) is 30.2 Å². The highest BCUT2D eigenvalue weighted by molar-refractivity contribution is 5.95. The maximum Gasteiger partial charge on any atom is 0.245 e. The maximum absolute atomic E-state index is 13.5. The molecule has 0 aliphatic carbocycles. The van der Waals surface area contributed by atoms with E-state index in [1.807, 2.05) is 9.80 Å². The van der Waals surface area contributed by atoms with Crippen LogP contribution >= 0.6 is 0 Å². The van der Waals surface area contributed by atoms with Crippen molar-refractivity contribution >= 4 is 23.8 Å². The van der Waals surface area contributed by atoms with Crippen LogP contribution in [0.15, 0.2) is 28.9 Å². The zero-order chi connectivity index (χ0) is 25.9. The molecule has 0 radical (unpaired) electrons. The molecule has 198 valence electrons. The molecule has 3 amide bonds. The van der Waals surface area contributed by atoms with Crippen LogP contribution in [0.2, 0.25) is 0 Å². The molecule has 0 saturated carbocycles. The van der Waals surface area contributed by atoms with Crippen LogP contribution in [-0.4, -0.2) is 59.7 Å². The van der Waals surface area contributed by atoms with Gasteiger partial charge in [-0.05, 0) is 50.3 Å². The van der Waals surface area contributed by atoms with Gasteiger partial charge in [0.25, 0.3) is 0 Å². The fraction of sp³-hybridized carbons (Fsp3) is 0.679. The number of nitrogens with one attached hydrogen (secondary N) is 1. The summed E-state index contributed by atoms with van der Waals surface area (Å²) in [6, 6.07) is 2.77. The van der Waals surface area contributed by atoms with Crippen LogP contribution in [0.4, 0.5) is 0 Å². The molecular weight excluding hydrogens is 442 g/mol. The molecule has 1 unspecified atom stereocenters. The van der Waals surface area contributed by atoms with Crippen LogP contribution in [0.1, 0.15) is 97.7 Å². The SMILES string of the molecule is CCCCN(CCCC)C(=O)CCC(NC(=O)/C=C/c1ccco1)C(=O)N(CCCC)CCCC. The summed E-state index contributed by atoms with van der Waals surface area (Å²) >= 11 is 0. The Hall–Kier alpha value is -2.57. The first-order chi connectivity index (χ1) is 17.0. The topological polar surface area (TPSA) is 82.9 Å². The third-order valence-electron chi connectivity index (χ3n) is 5.99. The zero-order valence-corrected chi connectivity index (χ0v) is 22.4. The van der Waals surface area contributed by atoms with E-state index in [-0.39, 0.29) is 24.1 Å². The number of rotatable bonds is 19. The number of carbonyl (C=O) groups excluding carboxylic acids is 3. The summed E-state index contributed by atoms with van der Waals surface area (Å²) in [4.78, 5) is 42.9. The van der Waals surface area contributed by atoms with Gasteiger partial charge in [0.05, 0.1) is 6.26 Å². The van der Waals surface area contributed by atoms with Gasteiger partial charge in [0, 0.05) is 38.7 Å². The van der Waals surface area contributed by atoms with Crippen LogP contribution in [0.25, 0.3) is 6.08 Å². The molecule has 1 heterocycles. The van der Waals surface area contributed by atoms with Gasteiger partial charge in [-0.2, -0.15) is 0 Å². The van der Waals surface area contributed by atoms with Crippen molar-refractivity contribution in [1.29, 1.82) is 0 Å². The van der Waals surface area contributed by atoms with Gasteiger partial charge in [0.1, 0.15) is 11.8 Å². The van der Waals surface area contributed by atoms with Crippen molar-refractivity contribution in [2.75, 3.05) is 26.2 Å². The summed E-state index contributed by atoms with van der Waals surface area (Å²) in [5, 5.41) is 2.86. The Morgan fingerprint density at radius 2 is 1.43 bits per heavy atom. The smallest absolute Gasteiger partial charge is 0.245 e. The third kappa shape index (κ3) is 12.6. The van der Waals surface area contributed by atoms with E-state index in [4.69, 9.17) is 4.42 Å². The average Bonchev–Trinajstić information content (AvgIpc) is 3.38. The van der Waals surface area contributed by atoms with Crippen molar-refractivity contribution in [1.82, 2.24) is 15.1 Å². The second kappa shape index (κ2) is 18.7. The fourth-order valence-corrected chi connectivity index (χ4v) is 3.76. The van der Waals surface area contributed by atoms with Gasteiger partial charge < -0.3 is 19.5 Å². The summed E-state index contributed by atoms with van der Waals surface area (Å²) in [6.07, 6.45) is 12.8. The van der Waals surface area contributed by atoms with Gasteiger partial charge in [-0.25, -0.2) is 0 Å². The highest BCUT2D eigenvalue weighted by atomic mass is 16.3. The summed E-state index contributed by atoms with van der Waals surface area (Å²) in [5.41, 5.74) is 0. The second-order valence-electron chi connectivity index (χ2n) is 9.07. The molecule has 0 saturated heterocycles. The van der Waals surface area contributed by atoms with E-state index in [0.717, 1.165) is 64.5 Å². The summed E-state index contributed by atoms with van der Waals surface area (Å²) in [5.74, 6) is 0.145. The van der Waals surface area contributed by atoms with E-state index in [2.05, 4.69) is 33.0 Å². The van der Waals surface area contributed by atoms with Gasteiger partial charge in [-0.1, -0.05) is 53.4 Å². The van der Waals surface area contributed by atoms with E-state index in [0.29, 0.717) is 25.3 Å². The Morgan fingerprint density at radius 3 is 1.91 bits per heavy atom. The molecule has 1 aromatic heterocycles. The summed E-state index contributed by atoms with van der Waals surface area (Å²) in [7, 11) is 0. The summed E-state index contributed by atoms with van der Waals surface area (Å²) in [6.45, 7) is 11.2. The number of nitrogens with zero attached hydrogens (tertiary/aromatic N) is 2. The number of unbranched alkanes of at least 4 members (excludes halogenated alkanes) is 4. The highest BCUT2D eigenvalue weighted by Gasteiger charge is 2.26. The Kier molecular flexibility index (Phi) is 16.3. The molecule has 35 heavy (non-hydrogen) atoms. The van der Waals surface area contributed by atoms with E-state index in [1.165, 1.54) is 12.3 Å². The molecule has 1 N–H and O–H groups in total. The minimum absolute atomic E-state index is 0.0544. The van der Waals surface area contributed by atoms with Crippen molar-refractivity contribution in [3.63, 3.8) is 0 Å². The molecular formula is C28H47N3O4. The first-order valence-corrected chi connectivity index (χ1v) is 13.5. The highest BCUT2D eigenvalue weighted by Crippen LogP contribution is 2.11. The number of hydrogen-bond donors (Lipinski definition) is 1. The lowest BCUT2D eigenvalue weighted by molar-refractivity contribution is -0.137. The van der Waals surface area contributed by atoms with Crippen molar-refractivity contribution in [2.24, 2.45) is 0 Å². The number of furan rings is 1. The monoisotopic (exact) mass is 489 g/mol. The molecule has 0 spiro atoms. The Bertz CT molecular complexity index is 729. The van der Waals surface area contributed by atoms with Crippen LogP contribution in [0.3, 0.4) is 0 Å². The maximum atomic E-state index is 13.5. The van der Waals surface area contributed by atoms with Crippen LogP contribution in [-0.2, 0) is 14.4 Å². The molecule has 7 nitrogen and oxygen atoms in total. The lowest BCUT2D eigenvalue weighted by Gasteiger charge is -2.28. The Labute approximate surface area is 212 Å². The molecule has 0 aliphatic heterocycles. The van der Waals surface area contributed by atoms with Crippen LogP contribution in [0.5, 0.6) is 0 Å². The van der Waals surface area contributed by atoms with Gasteiger partial charge >= 0.3 is 0 Å². The predicted octanol–water partition coefficient (Wildman–Crippen LogP) is 5.42. The molecule has 0 bridgehead atoms. The lowest BCUT2D eigenvalue weighted by atomic mass is 10.1. The first kappa shape index (κ1) is 30.5. The molecule has 1 aromatic rings. The van der Waals surface area contributed by atoms with Crippen LogP contribution in [0, 0.1) is 0 Å². The normalized spacial score (nSPS) is 12.0. The van der Waals surface area contributed by atoms with Gasteiger partial charge in [-0.15, -0.1) is 0 Å². The lowest BCUT2D eigenvalue weighted by Crippen LogP contribution is -2.49. The molecule has 1 atom stereocenters. The fourth-order valence-electron chi connectivity index (χ4n) is 3.76. The van der Waals surface area contributed by atoms with E-state index in [1.54, 1.807) is 18.2 Å². The Morgan fingerprint density at radius 1 is 0.886 bits per heavy atom. The second-order valence-corrected chi connectivity index (χ2v) is 9.07. The first-order valence-electron chi connectivity index (χ1n) is 13.5. The average molecular weight is 490 g/mol. The van der Waals surface area contributed by atoms with Crippen LogP contribution < -0.4 is 5.32 Å². The van der Waals surface area contributed by atoms with Crippen molar-refractivity contribution < 1.29 is 18.8 Å². The zero-order valence-electron chi connectivity index (χ0n) is 22.4. The van der Waals surface area contributed by atoms with E-state index >= 15 is 0 Å². The molecule has 7 heteroatoms. The number of carbonyl (C=O) groups is 3. The largest absolute Gasteiger partial charge is 0.465 e. The van der Waals surface area contributed by atoms with E-state index in [9.17, 15) is 14.4 Å². The molecule has 0 fully saturated rings. The van der Waals surface area contributed by atoms with Crippen molar-refractivity contribution in [3.8, 4) is 0 Å².